The number of thiophene rings is 1. The third-order valence-corrected chi connectivity index (χ3v) is 4.54. The van der Waals surface area contributed by atoms with Gasteiger partial charge in [0, 0.05) is 36.1 Å². The Bertz CT molecular complexity index is 880. The highest BCUT2D eigenvalue weighted by molar-refractivity contribution is 7.14. The molecule has 0 aromatic carbocycles. The molecule has 136 valence electrons. The number of hydrogen-bond donors (Lipinski definition) is 1. The van der Waals surface area contributed by atoms with Crippen LogP contribution in [0.5, 0.6) is 5.75 Å². The van der Waals surface area contributed by atoms with E-state index in [4.69, 9.17) is 0 Å². The zero-order valence-electron chi connectivity index (χ0n) is 13.9. The molecule has 0 radical (unpaired) electrons. The van der Waals surface area contributed by atoms with Crippen LogP contribution in [-0.2, 0) is 13.0 Å². The van der Waals surface area contributed by atoms with Gasteiger partial charge in [-0.15, -0.1) is 11.3 Å². The lowest BCUT2D eigenvalue weighted by atomic mass is 10.2. The van der Waals surface area contributed by atoms with Gasteiger partial charge in [0.15, 0.2) is 5.82 Å². The monoisotopic (exact) mass is 378 g/mol. The largest absolute Gasteiger partial charge is 0.433 e. The second-order valence-electron chi connectivity index (χ2n) is 5.45. The Labute approximate surface area is 152 Å². The quantitative estimate of drug-likeness (QED) is 0.680. The zero-order chi connectivity index (χ0) is 18.5. The van der Waals surface area contributed by atoms with E-state index >= 15 is 0 Å². The highest BCUT2D eigenvalue weighted by Crippen LogP contribution is 2.30. The number of carbonyl (C=O) groups is 1. The summed E-state index contributed by atoms with van der Waals surface area (Å²) >= 11 is 1.09. The van der Waals surface area contributed by atoms with E-state index in [1.165, 1.54) is 6.07 Å². The van der Waals surface area contributed by atoms with Gasteiger partial charge in [-0.2, -0.15) is 13.9 Å². The topological polar surface area (TPSA) is 69.0 Å². The third-order valence-electron chi connectivity index (χ3n) is 3.50. The van der Waals surface area contributed by atoms with Crippen molar-refractivity contribution < 1.29 is 18.3 Å². The minimum Gasteiger partial charge on any atom is -0.433 e. The first-order valence-corrected chi connectivity index (χ1v) is 8.62. The number of alkyl halides is 2. The summed E-state index contributed by atoms with van der Waals surface area (Å²) in [6.07, 6.45) is 5.97. The normalized spacial score (nSPS) is 10.9. The number of pyridine rings is 1. The molecule has 9 heteroatoms. The first-order valence-electron chi connectivity index (χ1n) is 7.80. The molecule has 1 N–H and O–H groups in total. The smallest absolute Gasteiger partial charge is 0.387 e. The summed E-state index contributed by atoms with van der Waals surface area (Å²) < 4.78 is 31.0. The van der Waals surface area contributed by atoms with Gasteiger partial charge in [-0.05, 0) is 37.1 Å². The molecule has 3 heterocycles. The van der Waals surface area contributed by atoms with E-state index < -0.39 is 12.5 Å². The van der Waals surface area contributed by atoms with Gasteiger partial charge >= 0.3 is 6.61 Å². The Balaban J connectivity index is 1.63. The van der Waals surface area contributed by atoms with E-state index in [0.717, 1.165) is 23.3 Å². The number of carbonyl (C=O) groups excluding carboxylic acids is 1. The number of anilines is 1. The SMILES string of the molecule is Cc1cc(OC(F)F)c(C(=O)Nc2ccn(CCc3ccncc3)n2)s1. The van der Waals surface area contributed by atoms with Gasteiger partial charge in [-0.1, -0.05) is 0 Å². The highest BCUT2D eigenvalue weighted by atomic mass is 32.1. The maximum Gasteiger partial charge on any atom is 0.387 e. The van der Waals surface area contributed by atoms with Gasteiger partial charge in [-0.25, -0.2) is 0 Å². The van der Waals surface area contributed by atoms with Crippen molar-refractivity contribution in [1.82, 2.24) is 14.8 Å². The van der Waals surface area contributed by atoms with E-state index in [-0.39, 0.29) is 10.6 Å². The van der Waals surface area contributed by atoms with Crippen molar-refractivity contribution in [2.75, 3.05) is 5.32 Å². The molecule has 0 aliphatic carbocycles. The van der Waals surface area contributed by atoms with Gasteiger partial charge in [0.05, 0.1) is 0 Å². The summed E-state index contributed by atoms with van der Waals surface area (Å²) in [5.74, 6) is -0.311. The molecule has 0 saturated carbocycles. The van der Waals surface area contributed by atoms with Gasteiger partial charge < -0.3 is 10.1 Å². The fourth-order valence-corrected chi connectivity index (χ4v) is 3.19. The van der Waals surface area contributed by atoms with Crippen molar-refractivity contribution >= 4 is 23.1 Å². The van der Waals surface area contributed by atoms with Crippen LogP contribution in [0.1, 0.15) is 20.1 Å². The van der Waals surface area contributed by atoms with Crippen molar-refractivity contribution in [1.29, 1.82) is 0 Å². The molecular formula is C17H16F2N4O2S. The summed E-state index contributed by atoms with van der Waals surface area (Å²) in [6.45, 7) is -0.631. The molecule has 26 heavy (non-hydrogen) atoms. The number of hydrogen-bond acceptors (Lipinski definition) is 5. The minimum atomic E-state index is -2.98. The predicted octanol–water partition coefficient (Wildman–Crippen LogP) is 3.74. The molecule has 1 amide bonds. The van der Waals surface area contributed by atoms with Crippen LogP contribution in [-0.4, -0.2) is 27.3 Å². The number of rotatable bonds is 7. The van der Waals surface area contributed by atoms with Crippen LogP contribution in [0.4, 0.5) is 14.6 Å². The number of halogens is 2. The van der Waals surface area contributed by atoms with Crippen molar-refractivity contribution in [3.8, 4) is 5.75 Å². The molecule has 3 rings (SSSR count). The van der Waals surface area contributed by atoms with Crippen molar-refractivity contribution in [3.63, 3.8) is 0 Å². The van der Waals surface area contributed by atoms with Crippen molar-refractivity contribution in [3.05, 3.63) is 58.2 Å². The summed E-state index contributed by atoms with van der Waals surface area (Å²) in [6, 6.07) is 6.92. The van der Waals surface area contributed by atoms with Crippen molar-refractivity contribution in [2.45, 2.75) is 26.5 Å². The molecule has 3 aromatic heterocycles. The van der Waals surface area contributed by atoms with Crippen LogP contribution in [0.15, 0.2) is 42.9 Å². The maximum atomic E-state index is 12.5. The summed E-state index contributed by atoms with van der Waals surface area (Å²) in [4.78, 5) is 17.1. The second kappa shape index (κ2) is 8.05. The number of aryl methyl sites for hydroxylation is 3. The second-order valence-corrected chi connectivity index (χ2v) is 6.71. The number of nitrogens with one attached hydrogen (secondary N) is 1. The lowest BCUT2D eigenvalue weighted by Crippen LogP contribution is -2.14. The molecular weight excluding hydrogens is 362 g/mol. The first kappa shape index (κ1) is 18.0. The lowest BCUT2D eigenvalue weighted by Gasteiger charge is -2.05. The highest BCUT2D eigenvalue weighted by Gasteiger charge is 2.20. The molecule has 0 saturated heterocycles. The standard InChI is InChI=1S/C17H16F2N4O2S/c1-11-10-13(25-17(18)19)15(26-11)16(24)21-14-5-9-23(22-14)8-4-12-2-6-20-7-3-12/h2-3,5-7,9-10,17H,4,8H2,1H3,(H,21,22,24). The Kier molecular flexibility index (Phi) is 5.57. The molecule has 0 unspecified atom stereocenters. The molecule has 0 aliphatic heterocycles. The molecule has 0 bridgehead atoms. The van der Waals surface area contributed by atoms with Crippen LogP contribution in [0.3, 0.4) is 0 Å². The molecule has 0 atom stereocenters. The Hall–Kier alpha value is -2.81. The molecule has 0 spiro atoms. The predicted molar refractivity (Wildman–Crippen MR) is 93.8 cm³/mol. The Morgan fingerprint density at radius 2 is 2.12 bits per heavy atom. The molecule has 3 aromatic rings. The summed E-state index contributed by atoms with van der Waals surface area (Å²) in [5.41, 5.74) is 1.13. The molecule has 0 aliphatic rings. The number of aromatic nitrogens is 3. The number of amides is 1. The summed E-state index contributed by atoms with van der Waals surface area (Å²) in [5, 5.41) is 6.88. The fraction of sp³-hybridized carbons (Fsp3) is 0.235. The van der Waals surface area contributed by atoms with E-state index in [9.17, 15) is 13.6 Å². The third kappa shape index (κ3) is 4.63. The first-order chi connectivity index (χ1) is 12.5. The van der Waals surface area contributed by atoms with Gasteiger partial charge in [0.2, 0.25) is 0 Å². The molecule has 0 fully saturated rings. The van der Waals surface area contributed by atoms with E-state index in [1.807, 2.05) is 12.1 Å². The van der Waals surface area contributed by atoms with E-state index in [0.29, 0.717) is 17.2 Å². The Morgan fingerprint density at radius 1 is 1.35 bits per heavy atom. The van der Waals surface area contributed by atoms with Crippen LogP contribution in [0.2, 0.25) is 0 Å². The fourth-order valence-electron chi connectivity index (χ4n) is 2.35. The van der Waals surface area contributed by atoms with Gasteiger partial charge in [0.25, 0.3) is 5.91 Å². The lowest BCUT2D eigenvalue weighted by molar-refractivity contribution is -0.0498. The van der Waals surface area contributed by atoms with Crippen LogP contribution >= 0.6 is 11.3 Å². The Morgan fingerprint density at radius 3 is 2.85 bits per heavy atom. The molecule has 6 nitrogen and oxygen atoms in total. The number of ether oxygens (including phenoxy) is 1. The summed E-state index contributed by atoms with van der Waals surface area (Å²) in [7, 11) is 0. The van der Waals surface area contributed by atoms with Crippen LogP contribution in [0.25, 0.3) is 0 Å². The van der Waals surface area contributed by atoms with E-state index in [2.05, 4.69) is 20.1 Å². The van der Waals surface area contributed by atoms with E-state index in [1.54, 1.807) is 36.3 Å². The van der Waals surface area contributed by atoms with Gasteiger partial charge in [-0.3, -0.25) is 14.5 Å². The zero-order valence-corrected chi connectivity index (χ0v) is 14.7. The number of nitrogens with zero attached hydrogens (tertiary/aromatic N) is 3. The van der Waals surface area contributed by atoms with Crippen molar-refractivity contribution in [2.24, 2.45) is 0 Å². The average Bonchev–Trinajstić information content (AvgIpc) is 3.19. The van der Waals surface area contributed by atoms with Crippen LogP contribution < -0.4 is 10.1 Å². The van der Waals surface area contributed by atoms with Crippen LogP contribution in [0, 0.1) is 6.92 Å². The average molecular weight is 378 g/mol. The van der Waals surface area contributed by atoms with Gasteiger partial charge in [0.1, 0.15) is 10.6 Å². The minimum absolute atomic E-state index is 0.0918. The maximum absolute atomic E-state index is 12.5.